The summed E-state index contributed by atoms with van der Waals surface area (Å²) in [5.41, 5.74) is 0. The maximum absolute atomic E-state index is 2.12. The first-order valence-corrected chi connectivity index (χ1v) is 2.48. The molecule has 0 atom stereocenters. The smallest absolute Gasteiger partial charge is 0.0807 e. The van der Waals surface area contributed by atoms with Gasteiger partial charge in [0.25, 0.3) is 0 Å². The van der Waals surface area contributed by atoms with E-state index in [2.05, 4.69) is 24.3 Å². The molecule has 0 aliphatic heterocycles. The van der Waals surface area contributed by atoms with Crippen LogP contribution in [0, 0.1) is 0 Å². The van der Waals surface area contributed by atoms with E-state index < -0.39 is 0 Å². The molecule has 1 aliphatic rings. The zero-order chi connectivity index (χ0) is 4.95. The van der Waals surface area contributed by atoms with Crippen molar-refractivity contribution in [2.24, 2.45) is 0 Å². The third-order valence-electron chi connectivity index (χ3n) is 0.878. The predicted octanol–water partition coefficient (Wildman–Crippen LogP) is 2.06. The Morgan fingerprint density at radius 2 is 1.25 bits per heavy atom. The van der Waals surface area contributed by atoms with E-state index in [1.807, 2.05) is 12.2 Å². The van der Waals surface area contributed by atoms with Crippen molar-refractivity contribution in [3.63, 3.8) is 0 Å². The Morgan fingerprint density at radius 1 is 0.750 bits per heavy atom. The van der Waals surface area contributed by atoms with Gasteiger partial charge in [-0.1, -0.05) is 36.5 Å². The summed E-state index contributed by atoms with van der Waals surface area (Å²) in [6.07, 6.45) is 13.5. The summed E-state index contributed by atoms with van der Waals surface area (Å²) in [6.45, 7) is 0. The van der Waals surface area contributed by atoms with E-state index in [1.165, 1.54) is 0 Å². The van der Waals surface area contributed by atoms with Crippen LogP contribution in [0.15, 0.2) is 36.5 Å². The normalized spacial score (nSPS) is 15.0. The van der Waals surface area contributed by atoms with Crippen LogP contribution >= 0.6 is 0 Å². The van der Waals surface area contributed by atoms with Gasteiger partial charge in [0.05, 0.1) is 0 Å². The molecule has 1 heteroatoms. The predicted molar refractivity (Wildman–Crippen MR) is 32.0 cm³/mol. The number of rotatable bonds is 0. The van der Waals surface area contributed by atoms with Crippen molar-refractivity contribution in [3.05, 3.63) is 36.5 Å². The standard InChI is InChI=1S/C7H8.Ag/c1-2-4-6-7-5-3-1;/h1-6H,7H2;/q;+1. The zero-order valence-electron chi connectivity index (χ0n) is 4.47. The van der Waals surface area contributed by atoms with Gasteiger partial charge < -0.3 is 0 Å². The van der Waals surface area contributed by atoms with Crippen LogP contribution in [-0.2, 0) is 22.4 Å². The molecule has 0 spiro atoms. The van der Waals surface area contributed by atoms with Gasteiger partial charge in [-0.3, -0.25) is 0 Å². The van der Waals surface area contributed by atoms with E-state index in [9.17, 15) is 0 Å². The van der Waals surface area contributed by atoms with Gasteiger partial charge in [-0.15, -0.1) is 0 Å². The Kier molecular flexibility index (Phi) is 5.08. The van der Waals surface area contributed by atoms with Gasteiger partial charge in [-0.05, 0) is 6.42 Å². The summed E-state index contributed by atoms with van der Waals surface area (Å²) in [5, 5.41) is 0. The van der Waals surface area contributed by atoms with Crippen LogP contribution in [0.4, 0.5) is 0 Å². The SMILES string of the molecule is C1=CC=CCC=C1.[Ag+]. The van der Waals surface area contributed by atoms with Crippen molar-refractivity contribution in [1.82, 2.24) is 0 Å². The summed E-state index contributed by atoms with van der Waals surface area (Å²) in [4.78, 5) is 0. The molecule has 1 rings (SSSR count). The molecule has 0 saturated carbocycles. The van der Waals surface area contributed by atoms with Crippen LogP contribution < -0.4 is 0 Å². The van der Waals surface area contributed by atoms with Gasteiger partial charge in [0.15, 0.2) is 0 Å². The molecule has 8 heavy (non-hydrogen) atoms. The Balaban J connectivity index is 0.000000490. The van der Waals surface area contributed by atoms with Gasteiger partial charge >= 0.3 is 22.4 Å². The molecule has 0 radical (unpaired) electrons. The van der Waals surface area contributed by atoms with Crippen LogP contribution in [0.3, 0.4) is 0 Å². The average Bonchev–Trinajstić information content (AvgIpc) is 1.90. The first-order chi connectivity index (χ1) is 3.50. The molecular weight excluding hydrogens is 192 g/mol. The van der Waals surface area contributed by atoms with Crippen molar-refractivity contribution in [1.29, 1.82) is 0 Å². The summed E-state index contributed by atoms with van der Waals surface area (Å²) in [5.74, 6) is 0. The van der Waals surface area contributed by atoms with Crippen molar-refractivity contribution < 1.29 is 22.4 Å². The van der Waals surface area contributed by atoms with E-state index >= 15 is 0 Å². The molecule has 0 aromatic carbocycles. The monoisotopic (exact) mass is 199 g/mol. The van der Waals surface area contributed by atoms with Gasteiger partial charge in [0, 0.05) is 0 Å². The molecule has 0 bridgehead atoms. The van der Waals surface area contributed by atoms with Crippen LogP contribution in [0.5, 0.6) is 0 Å². The third-order valence-corrected chi connectivity index (χ3v) is 0.878. The molecule has 0 fully saturated rings. The maximum Gasteiger partial charge on any atom is 1.00 e. The molecule has 46 valence electrons. The number of hydrogen-bond donors (Lipinski definition) is 0. The minimum Gasteiger partial charge on any atom is -0.0807 e. The van der Waals surface area contributed by atoms with E-state index in [0.717, 1.165) is 6.42 Å². The summed E-state index contributed by atoms with van der Waals surface area (Å²) < 4.78 is 0. The Hall–Kier alpha value is -0.0397. The minimum atomic E-state index is 0. The fraction of sp³-hybridized carbons (Fsp3) is 0.143. The van der Waals surface area contributed by atoms with E-state index in [1.54, 1.807) is 0 Å². The van der Waals surface area contributed by atoms with Crippen LogP contribution in [0.1, 0.15) is 6.42 Å². The van der Waals surface area contributed by atoms with Crippen LogP contribution in [0.2, 0.25) is 0 Å². The molecule has 0 aromatic heterocycles. The van der Waals surface area contributed by atoms with Crippen molar-refractivity contribution in [3.8, 4) is 0 Å². The Bertz CT molecular complexity index is 106. The molecular formula is C7H8Ag+. The fourth-order valence-corrected chi connectivity index (χ4v) is 0.521. The second-order valence-corrected chi connectivity index (χ2v) is 1.48. The minimum absolute atomic E-state index is 0. The second kappa shape index (κ2) is 5.10. The maximum atomic E-state index is 2.12. The largest absolute Gasteiger partial charge is 1.00 e. The molecule has 0 unspecified atom stereocenters. The first-order valence-electron chi connectivity index (χ1n) is 2.48. The third kappa shape index (κ3) is 3.03. The molecule has 0 amide bonds. The molecule has 0 heterocycles. The topological polar surface area (TPSA) is 0 Å². The Morgan fingerprint density at radius 3 is 1.75 bits per heavy atom. The van der Waals surface area contributed by atoms with Gasteiger partial charge in [0.1, 0.15) is 0 Å². The van der Waals surface area contributed by atoms with E-state index in [4.69, 9.17) is 0 Å². The van der Waals surface area contributed by atoms with Crippen LogP contribution in [0.25, 0.3) is 0 Å². The summed E-state index contributed by atoms with van der Waals surface area (Å²) in [7, 11) is 0. The van der Waals surface area contributed by atoms with E-state index in [0.29, 0.717) is 0 Å². The Labute approximate surface area is 65.5 Å². The van der Waals surface area contributed by atoms with Gasteiger partial charge in [-0.25, -0.2) is 0 Å². The number of allylic oxidation sites excluding steroid dienone is 6. The molecule has 0 aromatic rings. The summed E-state index contributed by atoms with van der Waals surface area (Å²) >= 11 is 0. The van der Waals surface area contributed by atoms with Crippen molar-refractivity contribution in [2.75, 3.05) is 0 Å². The van der Waals surface area contributed by atoms with Crippen molar-refractivity contribution in [2.45, 2.75) is 6.42 Å². The van der Waals surface area contributed by atoms with Crippen molar-refractivity contribution >= 4 is 0 Å². The molecule has 0 nitrogen and oxygen atoms in total. The molecule has 0 N–H and O–H groups in total. The quantitative estimate of drug-likeness (QED) is 0.525. The molecule has 1 aliphatic carbocycles. The van der Waals surface area contributed by atoms with E-state index in [-0.39, 0.29) is 22.4 Å². The fourth-order valence-electron chi connectivity index (χ4n) is 0.521. The second-order valence-electron chi connectivity index (χ2n) is 1.48. The molecule has 0 saturated heterocycles. The zero-order valence-corrected chi connectivity index (χ0v) is 5.95. The number of hydrogen-bond acceptors (Lipinski definition) is 0. The summed E-state index contributed by atoms with van der Waals surface area (Å²) in [6, 6.07) is 0. The van der Waals surface area contributed by atoms with Gasteiger partial charge in [-0.2, -0.15) is 0 Å². The average molecular weight is 200 g/mol. The van der Waals surface area contributed by atoms with Gasteiger partial charge in [0.2, 0.25) is 0 Å². The van der Waals surface area contributed by atoms with Crippen LogP contribution in [-0.4, -0.2) is 0 Å². The first kappa shape index (κ1) is 7.96.